The average Bonchev–Trinajstić information content (AvgIpc) is 2.40. The Labute approximate surface area is 136 Å². The van der Waals surface area contributed by atoms with Crippen LogP contribution in [0, 0.1) is 13.8 Å². The molecule has 0 radical (unpaired) electrons. The number of hydrogen-bond acceptors (Lipinski definition) is 2. The van der Waals surface area contributed by atoms with Crippen LogP contribution in [0.4, 0.5) is 0 Å². The fourth-order valence-electron chi connectivity index (χ4n) is 2.44. The Morgan fingerprint density at radius 2 is 1.71 bits per heavy atom. The maximum Gasteiger partial charge on any atom is 0.444 e. The van der Waals surface area contributed by atoms with Crippen molar-refractivity contribution in [3.8, 4) is 5.75 Å². The zero-order valence-corrected chi connectivity index (χ0v) is 15.7. The van der Waals surface area contributed by atoms with Crippen LogP contribution in [0.5, 0.6) is 5.75 Å². The van der Waals surface area contributed by atoms with Gasteiger partial charge in [0.15, 0.2) is 0 Å². The molecule has 1 atom stereocenters. The molecule has 0 aliphatic heterocycles. The smallest absolute Gasteiger partial charge is 0.417 e. The van der Waals surface area contributed by atoms with E-state index in [1.807, 2.05) is 19.9 Å². The van der Waals surface area contributed by atoms with Gasteiger partial charge in [-0.05, 0) is 49.4 Å². The van der Waals surface area contributed by atoms with Gasteiger partial charge in [0.2, 0.25) is 0 Å². The minimum absolute atomic E-state index is 0.474. The standard InChI is InChI=1S/C16H26BrO3P/c1-4-5-6-7-8-9-10-15-11-12-16(14(3)13(15)2)20-21(17,18)19/h11-12H,4-10H2,1-3H3,(H,18,19). The summed E-state index contributed by atoms with van der Waals surface area (Å²) in [6.07, 6.45) is 5.10. The molecule has 0 fully saturated rings. The van der Waals surface area contributed by atoms with Crippen molar-refractivity contribution in [3.05, 3.63) is 28.8 Å². The third-order valence-corrected chi connectivity index (χ3v) is 4.72. The predicted octanol–water partition coefficient (Wildman–Crippen LogP) is 6.08. The lowest BCUT2D eigenvalue weighted by atomic mass is 9.97. The number of aryl methyl sites for hydroxylation is 1. The first-order valence-electron chi connectivity index (χ1n) is 7.66. The molecule has 0 spiro atoms. The largest absolute Gasteiger partial charge is 0.444 e. The fraction of sp³-hybridized carbons (Fsp3) is 0.625. The van der Waals surface area contributed by atoms with E-state index in [9.17, 15) is 9.46 Å². The van der Waals surface area contributed by atoms with E-state index in [0.717, 1.165) is 17.5 Å². The highest BCUT2D eigenvalue weighted by atomic mass is 79.9. The summed E-state index contributed by atoms with van der Waals surface area (Å²) in [5.41, 5.74) is 3.40. The number of unbranched alkanes of at least 4 members (excludes halogenated alkanes) is 5. The van der Waals surface area contributed by atoms with Crippen LogP contribution in [0.1, 0.15) is 62.1 Å². The molecule has 0 saturated heterocycles. The van der Waals surface area contributed by atoms with E-state index in [-0.39, 0.29) is 0 Å². The number of halogens is 1. The van der Waals surface area contributed by atoms with Gasteiger partial charge >= 0.3 is 6.30 Å². The molecule has 0 aliphatic carbocycles. The van der Waals surface area contributed by atoms with Gasteiger partial charge in [-0.15, -0.1) is 0 Å². The van der Waals surface area contributed by atoms with E-state index in [1.54, 1.807) is 6.07 Å². The molecule has 0 aliphatic rings. The molecule has 1 aromatic carbocycles. The Kier molecular flexibility index (Phi) is 8.00. The first-order valence-corrected chi connectivity index (χ1v) is 11.3. The van der Waals surface area contributed by atoms with Crippen molar-refractivity contribution < 1.29 is 14.0 Å². The summed E-state index contributed by atoms with van der Waals surface area (Å²) in [6, 6.07) is 3.80. The summed E-state index contributed by atoms with van der Waals surface area (Å²) in [5, 5.41) is 0. The summed E-state index contributed by atoms with van der Waals surface area (Å²) in [7, 11) is 0. The van der Waals surface area contributed by atoms with E-state index in [1.165, 1.54) is 44.1 Å². The van der Waals surface area contributed by atoms with Gasteiger partial charge < -0.3 is 9.42 Å². The van der Waals surface area contributed by atoms with Crippen molar-refractivity contribution in [1.29, 1.82) is 0 Å². The molecule has 120 valence electrons. The Bertz CT molecular complexity index is 497. The van der Waals surface area contributed by atoms with Gasteiger partial charge in [-0.25, -0.2) is 4.57 Å². The molecule has 0 heterocycles. The third kappa shape index (κ3) is 6.99. The van der Waals surface area contributed by atoms with Gasteiger partial charge in [0.25, 0.3) is 0 Å². The zero-order chi connectivity index (χ0) is 15.9. The van der Waals surface area contributed by atoms with E-state index < -0.39 is 6.30 Å². The average molecular weight is 377 g/mol. The van der Waals surface area contributed by atoms with Crippen molar-refractivity contribution in [3.63, 3.8) is 0 Å². The molecule has 1 unspecified atom stereocenters. The zero-order valence-electron chi connectivity index (χ0n) is 13.2. The van der Waals surface area contributed by atoms with E-state index in [2.05, 4.69) is 22.4 Å². The Morgan fingerprint density at radius 1 is 1.10 bits per heavy atom. The van der Waals surface area contributed by atoms with E-state index in [4.69, 9.17) is 4.52 Å². The maximum absolute atomic E-state index is 11.3. The summed E-state index contributed by atoms with van der Waals surface area (Å²) < 4.78 is 16.3. The Hall–Kier alpha value is -0.310. The number of rotatable bonds is 9. The molecular weight excluding hydrogens is 351 g/mol. The minimum Gasteiger partial charge on any atom is -0.417 e. The van der Waals surface area contributed by atoms with Gasteiger partial charge in [0.05, 0.1) is 15.5 Å². The van der Waals surface area contributed by atoms with Crippen LogP contribution in [0.3, 0.4) is 0 Å². The third-order valence-electron chi connectivity index (χ3n) is 3.86. The molecule has 3 nitrogen and oxygen atoms in total. The Balaban J connectivity index is 2.57. The van der Waals surface area contributed by atoms with Crippen LogP contribution in [-0.2, 0) is 11.0 Å². The molecule has 0 saturated carbocycles. The van der Waals surface area contributed by atoms with Crippen LogP contribution in [0.15, 0.2) is 12.1 Å². The van der Waals surface area contributed by atoms with Crippen LogP contribution >= 0.6 is 21.8 Å². The van der Waals surface area contributed by atoms with Crippen molar-refractivity contribution in [2.45, 2.75) is 65.7 Å². The first kappa shape index (κ1) is 18.7. The quantitative estimate of drug-likeness (QED) is 0.419. The molecule has 1 aromatic rings. The van der Waals surface area contributed by atoms with Crippen LogP contribution in [0.25, 0.3) is 0 Å². The second-order valence-corrected chi connectivity index (χ2v) is 9.31. The fourth-order valence-corrected chi connectivity index (χ4v) is 3.35. The predicted molar refractivity (Wildman–Crippen MR) is 92.4 cm³/mol. The second kappa shape index (κ2) is 8.97. The molecule has 0 aromatic heterocycles. The lowest BCUT2D eigenvalue weighted by molar-refractivity contribution is 0.403. The SMILES string of the molecule is CCCCCCCCc1ccc(OP(=O)(O)Br)c(C)c1C. The summed E-state index contributed by atoms with van der Waals surface area (Å²) in [6.45, 7) is 6.21. The van der Waals surface area contributed by atoms with Crippen molar-refractivity contribution in [2.75, 3.05) is 0 Å². The highest BCUT2D eigenvalue weighted by Gasteiger charge is 2.17. The normalized spacial score (nSPS) is 14.0. The van der Waals surface area contributed by atoms with Gasteiger partial charge in [-0.2, -0.15) is 0 Å². The molecule has 0 bridgehead atoms. The van der Waals surface area contributed by atoms with Crippen molar-refractivity contribution in [1.82, 2.24) is 0 Å². The summed E-state index contributed by atoms with van der Waals surface area (Å²) >= 11 is 2.65. The highest BCUT2D eigenvalue weighted by Crippen LogP contribution is 2.51. The molecule has 1 rings (SSSR count). The molecule has 0 amide bonds. The minimum atomic E-state index is -3.67. The molecule has 5 heteroatoms. The van der Waals surface area contributed by atoms with Crippen LogP contribution in [0.2, 0.25) is 0 Å². The highest BCUT2D eigenvalue weighted by molar-refractivity contribution is 9.39. The summed E-state index contributed by atoms with van der Waals surface area (Å²) in [4.78, 5) is 9.25. The van der Waals surface area contributed by atoms with Crippen molar-refractivity contribution >= 4 is 21.8 Å². The second-order valence-electron chi connectivity index (χ2n) is 5.53. The monoisotopic (exact) mass is 376 g/mol. The van der Waals surface area contributed by atoms with Gasteiger partial charge in [-0.3, -0.25) is 0 Å². The van der Waals surface area contributed by atoms with Gasteiger partial charge in [0.1, 0.15) is 5.75 Å². The lowest BCUT2D eigenvalue weighted by Crippen LogP contribution is -1.97. The molecule has 21 heavy (non-hydrogen) atoms. The van der Waals surface area contributed by atoms with E-state index in [0.29, 0.717) is 5.75 Å². The summed E-state index contributed by atoms with van der Waals surface area (Å²) in [5.74, 6) is 0.474. The molecule has 1 N–H and O–H groups in total. The lowest BCUT2D eigenvalue weighted by Gasteiger charge is -2.15. The van der Waals surface area contributed by atoms with Gasteiger partial charge in [-0.1, -0.05) is 45.1 Å². The number of hydrogen-bond donors (Lipinski definition) is 1. The van der Waals surface area contributed by atoms with E-state index >= 15 is 0 Å². The van der Waals surface area contributed by atoms with Crippen LogP contribution in [-0.4, -0.2) is 4.89 Å². The number of benzene rings is 1. The van der Waals surface area contributed by atoms with Gasteiger partial charge in [0, 0.05) is 0 Å². The Morgan fingerprint density at radius 3 is 2.33 bits per heavy atom. The maximum atomic E-state index is 11.3. The van der Waals surface area contributed by atoms with Crippen molar-refractivity contribution in [2.24, 2.45) is 0 Å². The topological polar surface area (TPSA) is 46.5 Å². The molecular formula is C16H26BrO3P. The van der Waals surface area contributed by atoms with Crippen LogP contribution < -0.4 is 4.52 Å². The first-order chi connectivity index (χ1) is 9.85.